The predicted octanol–water partition coefficient (Wildman–Crippen LogP) is 3.29. The molecule has 0 radical (unpaired) electrons. The van der Waals surface area contributed by atoms with E-state index in [1.54, 1.807) is 24.3 Å². The normalized spacial score (nSPS) is 18.4. The maximum Gasteiger partial charge on any atom is 0.351 e. The average molecular weight is 364 g/mol. The van der Waals surface area contributed by atoms with Crippen LogP contribution in [0.25, 0.3) is 0 Å². The highest BCUT2D eigenvalue weighted by Gasteiger charge is 2.40. The van der Waals surface area contributed by atoms with Gasteiger partial charge in [0, 0.05) is 5.69 Å². The van der Waals surface area contributed by atoms with Gasteiger partial charge in [0.2, 0.25) is 5.91 Å². The maximum atomic E-state index is 13.1. The van der Waals surface area contributed by atoms with Gasteiger partial charge in [-0.15, -0.1) is 0 Å². The Morgan fingerprint density at radius 2 is 1.77 bits per heavy atom. The van der Waals surface area contributed by atoms with Crippen LogP contribution in [0.15, 0.2) is 71.3 Å². The molecule has 3 rings (SSSR count). The van der Waals surface area contributed by atoms with Crippen LogP contribution in [-0.4, -0.2) is 24.2 Å². The van der Waals surface area contributed by atoms with E-state index in [1.807, 2.05) is 42.5 Å². The third-order valence-corrected chi connectivity index (χ3v) is 5.21. The van der Waals surface area contributed by atoms with Crippen LogP contribution in [-0.2, 0) is 20.7 Å². The average Bonchev–Trinajstić information content (AvgIpc) is 2.99. The number of nitrogens with zero attached hydrogens (tertiary/aromatic N) is 2. The minimum atomic E-state index is -0.746. The fourth-order valence-corrected chi connectivity index (χ4v) is 4.01. The van der Waals surface area contributed by atoms with Gasteiger partial charge < -0.3 is 4.74 Å². The molecular formula is C20H16N2O3S. The van der Waals surface area contributed by atoms with E-state index in [4.69, 9.17) is 4.74 Å². The minimum absolute atomic E-state index is 0.156. The number of methoxy groups -OCH3 is 1. The molecule has 26 heavy (non-hydrogen) atoms. The summed E-state index contributed by atoms with van der Waals surface area (Å²) in [5.74, 6) is -0.902. The fourth-order valence-electron chi connectivity index (χ4n) is 2.71. The van der Waals surface area contributed by atoms with E-state index in [-0.39, 0.29) is 11.5 Å². The summed E-state index contributed by atoms with van der Waals surface area (Å²) in [5, 5.41) is 9.35. The molecule has 0 aromatic heterocycles. The third-order valence-electron chi connectivity index (χ3n) is 3.95. The maximum absolute atomic E-state index is 13.1. The zero-order valence-corrected chi connectivity index (χ0v) is 14.9. The van der Waals surface area contributed by atoms with Crippen molar-refractivity contribution in [3.05, 3.63) is 76.8 Å². The molecule has 2 aromatic rings. The summed E-state index contributed by atoms with van der Waals surface area (Å²) in [6.07, 6.45) is 0.511. The van der Waals surface area contributed by atoms with Gasteiger partial charge in [0.05, 0.1) is 12.4 Å². The number of anilines is 1. The van der Waals surface area contributed by atoms with E-state index < -0.39 is 11.2 Å². The molecule has 1 amide bonds. The van der Waals surface area contributed by atoms with Gasteiger partial charge in [-0.3, -0.25) is 9.69 Å². The monoisotopic (exact) mass is 364 g/mol. The number of para-hydroxylation sites is 1. The second-order valence-corrected chi connectivity index (χ2v) is 6.78. The second kappa shape index (κ2) is 7.89. The van der Waals surface area contributed by atoms with E-state index in [0.717, 1.165) is 5.56 Å². The molecule has 130 valence electrons. The molecule has 1 aliphatic rings. The van der Waals surface area contributed by atoms with Crippen molar-refractivity contribution in [1.29, 1.82) is 5.26 Å². The van der Waals surface area contributed by atoms with Crippen LogP contribution in [0.2, 0.25) is 0 Å². The first-order valence-electron chi connectivity index (χ1n) is 7.98. The third kappa shape index (κ3) is 3.48. The van der Waals surface area contributed by atoms with Crippen molar-refractivity contribution in [2.45, 2.75) is 11.7 Å². The van der Waals surface area contributed by atoms with Crippen molar-refractivity contribution >= 4 is 29.3 Å². The number of esters is 1. The lowest BCUT2D eigenvalue weighted by atomic mass is 10.1. The lowest BCUT2D eigenvalue weighted by molar-refractivity contribution is -0.135. The highest BCUT2D eigenvalue weighted by atomic mass is 32.2. The van der Waals surface area contributed by atoms with Crippen molar-refractivity contribution in [2.75, 3.05) is 12.0 Å². The molecule has 0 saturated carbocycles. The van der Waals surface area contributed by atoms with Gasteiger partial charge >= 0.3 is 5.97 Å². The number of hydrogen-bond acceptors (Lipinski definition) is 5. The first-order valence-corrected chi connectivity index (χ1v) is 8.86. The molecule has 2 aromatic carbocycles. The van der Waals surface area contributed by atoms with Crippen molar-refractivity contribution in [1.82, 2.24) is 0 Å². The number of carbonyl (C=O) groups is 2. The number of nitriles is 1. The summed E-state index contributed by atoms with van der Waals surface area (Å²) >= 11 is 1.23. The van der Waals surface area contributed by atoms with E-state index >= 15 is 0 Å². The Labute approximate surface area is 155 Å². The van der Waals surface area contributed by atoms with E-state index in [9.17, 15) is 14.9 Å². The van der Waals surface area contributed by atoms with Gasteiger partial charge in [0.15, 0.2) is 5.57 Å². The lowest BCUT2D eigenvalue weighted by Gasteiger charge is -2.18. The number of benzene rings is 2. The van der Waals surface area contributed by atoms with Gasteiger partial charge in [-0.1, -0.05) is 60.3 Å². The molecule has 5 nitrogen and oxygen atoms in total. The predicted molar refractivity (Wildman–Crippen MR) is 100 cm³/mol. The number of amides is 1. The molecule has 1 saturated heterocycles. The Morgan fingerprint density at radius 1 is 1.15 bits per heavy atom. The second-order valence-electron chi connectivity index (χ2n) is 5.59. The molecule has 0 N–H and O–H groups in total. The van der Waals surface area contributed by atoms with Gasteiger partial charge in [0.25, 0.3) is 0 Å². The summed E-state index contributed by atoms with van der Waals surface area (Å²) in [6, 6.07) is 20.5. The Balaban J connectivity index is 2.03. The lowest BCUT2D eigenvalue weighted by Crippen LogP contribution is -2.30. The molecule has 1 aliphatic heterocycles. The summed E-state index contributed by atoms with van der Waals surface area (Å²) in [6.45, 7) is 0. The van der Waals surface area contributed by atoms with Crippen LogP contribution < -0.4 is 4.90 Å². The molecule has 1 atom stereocenters. The van der Waals surface area contributed by atoms with Crippen molar-refractivity contribution < 1.29 is 14.3 Å². The standard InChI is InChI=1S/C20H16N2O3S/c1-25-20(24)16(13-21)19-22(15-10-6-3-7-11-15)18(23)17(26-19)12-14-8-4-2-5-9-14/h2-11,17H,12H2,1H3/b19-16+/t17-/m0/s1. The number of rotatable bonds is 4. The molecular weight excluding hydrogens is 348 g/mol. The molecule has 0 unspecified atom stereocenters. The van der Waals surface area contributed by atoms with Crippen molar-refractivity contribution in [3.8, 4) is 6.07 Å². The first kappa shape index (κ1) is 17.8. The highest BCUT2D eigenvalue weighted by Crippen LogP contribution is 2.41. The Hall–Kier alpha value is -3.04. The van der Waals surface area contributed by atoms with Crippen LogP contribution in [0.3, 0.4) is 0 Å². The summed E-state index contributed by atoms with van der Waals surface area (Å²) < 4.78 is 4.72. The minimum Gasteiger partial charge on any atom is -0.465 e. The fraction of sp³-hybridized carbons (Fsp3) is 0.150. The number of ether oxygens (including phenoxy) is 1. The number of carbonyl (C=O) groups excluding carboxylic acids is 2. The molecule has 0 bridgehead atoms. The molecule has 6 heteroatoms. The van der Waals surface area contributed by atoms with Crippen LogP contribution in [0, 0.1) is 11.3 Å². The Morgan fingerprint density at radius 3 is 2.35 bits per heavy atom. The van der Waals surface area contributed by atoms with Crippen LogP contribution in [0.5, 0.6) is 0 Å². The van der Waals surface area contributed by atoms with Gasteiger partial charge in [-0.2, -0.15) is 5.26 Å². The topological polar surface area (TPSA) is 70.4 Å². The first-order chi connectivity index (χ1) is 12.7. The molecule has 1 heterocycles. The quantitative estimate of drug-likeness (QED) is 0.473. The zero-order valence-electron chi connectivity index (χ0n) is 14.1. The van der Waals surface area contributed by atoms with E-state index in [2.05, 4.69) is 0 Å². The molecule has 1 fully saturated rings. The Kier molecular flexibility index (Phi) is 5.40. The van der Waals surface area contributed by atoms with Crippen molar-refractivity contribution in [3.63, 3.8) is 0 Å². The van der Waals surface area contributed by atoms with Crippen LogP contribution in [0.4, 0.5) is 5.69 Å². The number of hydrogen-bond donors (Lipinski definition) is 0. The highest BCUT2D eigenvalue weighted by molar-refractivity contribution is 8.05. The molecule has 0 aliphatic carbocycles. The number of thioether (sulfide) groups is 1. The summed E-state index contributed by atoms with van der Waals surface area (Å²) in [4.78, 5) is 26.5. The van der Waals surface area contributed by atoms with E-state index in [1.165, 1.54) is 23.8 Å². The van der Waals surface area contributed by atoms with Crippen LogP contribution >= 0.6 is 11.8 Å². The van der Waals surface area contributed by atoms with E-state index in [0.29, 0.717) is 17.1 Å². The molecule has 0 spiro atoms. The van der Waals surface area contributed by atoms with Crippen LogP contribution in [0.1, 0.15) is 5.56 Å². The summed E-state index contributed by atoms with van der Waals surface area (Å²) in [7, 11) is 1.22. The Bertz CT molecular complexity index is 888. The van der Waals surface area contributed by atoms with Crippen molar-refractivity contribution in [2.24, 2.45) is 0 Å². The largest absolute Gasteiger partial charge is 0.465 e. The van der Waals surface area contributed by atoms with Gasteiger partial charge in [0.1, 0.15) is 11.1 Å². The summed E-state index contributed by atoms with van der Waals surface area (Å²) in [5.41, 5.74) is 1.47. The van der Waals surface area contributed by atoms with Gasteiger partial charge in [-0.25, -0.2) is 4.79 Å². The smallest absolute Gasteiger partial charge is 0.351 e. The van der Waals surface area contributed by atoms with Gasteiger partial charge in [-0.05, 0) is 24.1 Å². The zero-order chi connectivity index (χ0) is 18.5. The SMILES string of the molecule is COC(=O)/C(C#N)=C1/S[C@@H](Cc2ccccc2)C(=O)N1c1ccccc1.